The smallest absolute Gasteiger partial charge is 0.335 e. The number of nitrogens with one attached hydrogen (secondary N) is 1. The summed E-state index contributed by atoms with van der Waals surface area (Å²) in [5, 5.41) is 10.2. The topological polar surface area (TPSA) is 62.3 Å². The minimum absolute atomic E-state index is 0.216. The van der Waals surface area contributed by atoms with E-state index < -0.39 is 5.97 Å². The summed E-state index contributed by atoms with van der Waals surface area (Å²) < 4.78 is 5.17. The van der Waals surface area contributed by atoms with E-state index in [2.05, 4.69) is 4.98 Å². The van der Waals surface area contributed by atoms with Crippen LogP contribution in [0.3, 0.4) is 0 Å². The molecular weight excluding hydrogens is 254 g/mol. The molecule has 0 radical (unpaired) electrons. The first-order chi connectivity index (χ1) is 9.67. The number of aromatic amines is 1. The van der Waals surface area contributed by atoms with E-state index in [-0.39, 0.29) is 5.56 Å². The number of methoxy groups -OCH3 is 1. The number of fused-ring (bicyclic) bond motifs is 1. The van der Waals surface area contributed by atoms with Gasteiger partial charge >= 0.3 is 5.97 Å². The number of hydrogen-bond acceptors (Lipinski definition) is 2. The van der Waals surface area contributed by atoms with E-state index in [1.54, 1.807) is 6.07 Å². The van der Waals surface area contributed by atoms with Crippen molar-refractivity contribution in [2.45, 2.75) is 0 Å². The lowest BCUT2D eigenvalue weighted by Crippen LogP contribution is -1.97. The number of carbonyl (C=O) groups is 1. The molecule has 0 bridgehead atoms. The molecule has 3 aromatic rings. The Bertz CT molecular complexity index is 789. The number of carboxylic acids is 1. The van der Waals surface area contributed by atoms with Crippen molar-refractivity contribution in [3.8, 4) is 16.9 Å². The third-order valence-electron chi connectivity index (χ3n) is 3.28. The number of hydrogen-bond donors (Lipinski definition) is 2. The zero-order chi connectivity index (χ0) is 14.1. The molecule has 0 spiro atoms. The molecule has 1 heterocycles. The second-order valence-electron chi connectivity index (χ2n) is 4.54. The summed E-state index contributed by atoms with van der Waals surface area (Å²) >= 11 is 0. The molecule has 0 saturated carbocycles. The van der Waals surface area contributed by atoms with Gasteiger partial charge in [-0.25, -0.2) is 4.79 Å². The molecule has 0 fully saturated rings. The summed E-state index contributed by atoms with van der Waals surface area (Å²) in [5.41, 5.74) is 3.05. The van der Waals surface area contributed by atoms with Crippen LogP contribution in [0.5, 0.6) is 5.75 Å². The fourth-order valence-corrected chi connectivity index (χ4v) is 2.24. The predicted molar refractivity (Wildman–Crippen MR) is 77.2 cm³/mol. The highest BCUT2D eigenvalue weighted by Crippen LogP contribution is 2.28. The minimum Gasteiger partial charge on any atom is -0.497 e. The predicted octanol–water partition coefficient (Wildman–Crippen LogP) is 3.54. The zero-order valence-corrected chi connectivity index (χ0v) is 10.9. The molecule has 4 nitrogen and oxygen atoms in total. The number of benzene rings is 2. The molecule has 0 saturated heterocycles. The fourth-order valence-electron chi connectivity index (χ4n) is 2.24. The Labute approximate surface area is 115 Å². The molecule has 0 unspecified atom stereocenters. The quantitative estimate of drug-likeness (QED) is 0.763. The molecule has 100 valence electrons. The van der Waals surface area contributed by atoms with Crippen LogP contribution in [0.2, 0.25) is 0 Å². The van der Waals surface area contributed by atoms with Crippen molar-refractivity contribution >= 4 is 16.9 Å². The van der Waals surface area contributed by atoms with Crippen LogP contribution in [-0.2, 0) is 0 Å². The lowest BCUT2D eigenvalue weighted by atomic mass is 10.0. The number of rotatable bonds is 3. The van der Waals surface area contributed by atoms with Gasteiger partial charge in [0.1, 0.15) is 5.75 Å². The SMILES string of the molecule is COc1cc(C(=O)O)cc(-c2ccc3[nH]ccc3c2)c1. The number of aromatic nitrogens is 1. The summed E-state index contributed by atoms with van der Waals surface area (Å²) in [6.07, 6.45) is 1.88. The summed E-state index contributed by atoms with van der Waals surface area (Å²) in [7, 11) is 1.53. The Morgan fingerprint density at radius 2 is 1.95 bits per heavy atom. The number of aromatic carboxylic acids is 1. The highest BCUT2D eigenvalue weighted by Gasteiger charge is 2.09. The van der Waals surface area contributed by atoms with Crippen LogP contribution in [0.4, 0.5) is 0 Å². The van der Waals surface area contributed by atoms with Crippen LogP contribution in [0.15, 0.2) is 48.7 Å². The average Bonchev–Trinajstić information content (AvgIpc) is 2.94. The molecule has 4 heteroatoms. The maximum absolute atomic E-state index is 11.2. The largest absolute Gasteiger partial charge is 0.497 e. The fraction of sp³-hybridized carbons (Fsp3) is 0.0625. The molecule has 2 N–H and O–H groups in total. The van der Waals surface area contributed by atoms with Crippen molar-refractivity contribution in [2.75, 3.05) is 7.11 Å². The monoisotopic (exact) mass is 267 g/mol. The molecule has 0 aliphatic carbocycles. The van der Waals surface area contributed by atoms with E-state index in [1.807, 2.05) is 36.5 Å². The average molecular weight is 267 g/mol. The third kappa shape index (κ3) is 2.12. The van der Waals surface area contributed by atoms with Crippen molar-refractivity contribution < 1.29 is 14.6 Å². The molecular formula is C16H13NO3. The van der Waals surface area contributed by atoms with Crippen molar-refractivity contribution in [3.05, 3.63) is 54.2 Å². The van der Waals surface area contributed by atoms with E-state index in [1.165, 1.54) is 13.2 Å². The summed E-state index contributed by atoms with van der Waals surface area (Å²) in [6.45, 7) is 0. The molecule has 0 aliphatic rings. The van der Waals surface area contributed by atoms with E-state index in [0.29, 0.717) is 5.75 Å². The standard InChI is InChI=1S/C16H13NO3/c1-20-14-8-12(7-13(9-14)16(18)19)10-2-3-15-11(6-10)4-5-17-15/h2-9,17H,1H3,(H,18,19). The van der Waals surface area contributed by atoms with Gasteiger partial charge in [0.2, 0.25) is 0 Å². The third-order valence-corrected chi connectivity index (χ3v) is 3.28. The van der Waals surface area contributed by atoms with Crippen molar-refractivity contribution in [3.63, 3.8) is 0 Å². The Morgan fingerprint density at radius 3 is 2.70 bits per heavy atom. The zero-order valence-electron chi connectivity index (χ0n) is 10.9. The molecule has 2 aromatic carbocycles. The first kappa shape index (κ1) is 12.3. The maximum Gasteiger partial charge on any atom is 0.335 e. The van der Waals surface area contributed by atoms with Crippen LogP contribution in [0, 0.1) is 0 Å². The second kappa shape index (κ2) is 4.74. The van der Waals surface area contributed by atoms with E-state index in [4.69, 9.17) is 9.84 Å². The number of H-pyrrole nitrogens is 1. The molecule has 1 aromatic heterocycles. The summed E-state index contributed by atoms with van der Waals surface area (Å²) in [5.74, 6) is -0.429. The Morgan fingerprint density at radius 1 is 1.10 bits per heavy atom. The van der Waals surface area contributed by atoms with E-state index >= 15 is 0 Å². The van der Waals surface area contributed by atoms with Gasteiger partial charge in [0.05, 0.1) is 12.7 Å². The number of carboxylic acid groups (broad SMARTS) is 1. The van der Waals surface area contributed by atoms with E-state index in [9.17, 15) is 4.79 Å². The summed E-state index contributed by atoms with van der Waals surface area (Å²) in [6, 6.07) is 12.9. The molecule has 20 heavy (non-hydrogen) atoms. The Hall–Kier alpha value is -2.75. The lowest BCUT2D eigenvalue weighted by molar-refractivity contribution is 0.0696. The van der Waals surface area contributed by atoms with Gasteiger partial charge in [-0.15, -0.1) is 0 Å². The van der Waals surface area contributed by atoms with Crippen molar-refractivity contribution in [2.24, 2.45) is 0 Å². The van der Waals surface area contributed by atoms with Crippen LogP contribution in [0.25, 0.3) is 22.0 Å². The molecule has 0 aliphatic heterocycles. The van der Waals surface area contributed by atoms with Crippen molar-refractivity contribution in [1.82, 2.24) is 4.98 Å². The van der Waals surface area contributed by atoms with Gasteiger partial charge in [0.25, 0.3) is 0 Å². The maximum atomic E-state index is 11.2. The van der Waals surface area contributed by atoms with Gasteiger partial charge in [-0.05, 0) is 52.9 Å². The van der Waals surface area contributed by atoms with Crippen molar-refractivity contribution in [1.29, 1.82) is 0 Å². The second-order valence-corrected chi connectivity index (χ2v) is 4.54. The Kier molecular flexibility index (Phi) is 2.91. The van der Waals surface area contributed by atoms with Gasteiger partial charge in [-0.3, -0.25) is 0 Å². The van der Waals surface area contributed by atoms with Gasteiger partial charge in [0, 0.05) is 11.7 Å². The van der Waals surface area contributed by atoms with Gasteiger partial charge in [-0.1, -0.05) is 6.07 Å². The lowest BCUT2D eigenvalue weighted by Gasteiger charge is -2.07. The van der Waals surface area contributed by atoms with Crippen LogP contribution in [0.1, 0.15) is 10.4 Å². The Balaban J connectivity index is 2.16. The van der Waals surface area contributed by atoms with Crippen LogP contribution < -0.4 is 4.74 Å². The van der Waals surface area contributed by atoms with Gasteiger partial charge in [-0.2, -0.15) is 0 Å². The van der Waals surface area contributed by atoms with Crippen LogP contribution in [-0.4, -0.2) is 23.2 Å². The van der Waals surface area contributed by atoms with Gasteiger partial charge < -0.3 is 14.8 Å². The molecule has 0 atom stereocenters. The first-order valence-corrected chi connectivity index (χ1v) is 6.17. The van der Waals surface area contributed by atoms with E-state index in [0.717, 1.165) is 22.0 Å². The first-order valence-electron chi connectivity index (χ1n) is 6.17. The normalized spacial score (nSPS) is 10.7. The summed E-state index contributed by atoms with van der Waals surface area (Å²) in [4.78, 5) is 14.3. The highest BCUT2D eigenvalue weighted by atomic mass is 16.5. The number of ether oxygens (including phenoxy) is 1. The molecule has 3 rings (SSSR count). The van der Waals surface area contributed by atoms with Crippen LogP contribution >= 0.6 is 0 Å². The van der Waals surface area contributed by atoms with Gasteiger partial charge in [0.15, 0.2) is 0 Å². The highest BCUT2D eigenvalue weighted by molar-refractivity contribution is 5.91. The minimum atomic E-state index is -0.965. The molecule has 0 amide bonds.